The van der Waals surface area contributed by atoms with E-state index >= 15 is 0 Å². The molecular weight excluding hydrogens is 219 g/mol. The van der Waals surface area contributed by atoms with Gasteiger partial charge in [-0.25, -0.2) is 4.39 Å². The van der Waals surface area contributed by atoms with Crippen molar-refractivity contribution in [3.63, 3.8) is 0 Å². The summed E-state index contributed by atoms with van der Waals surface area (Å²) in [4.78, 5) is 4.00. The molecule has 17 heavy (non-hydrogen) atoms. The van der Waals surface area contributed by atoms with Crippen LogP contribution in [0.25, 0.3) is 0 Å². The van der Waals surface area contributed by atoms with E-state index in [0.29, 0.717) is 6.10 Å². The molecular formula is C13H19FN2O. The molecule has 0 amide bonds. The number of ether oxygens (including phenoxy) is 1. The number of nitrogens with two attached hydrogens (primary N) is 1. The first-order valence-corrected chi connectivity index (χ1v) is 6.24. The Morgan fingerprint density at radius 3 is 3.06 bits per heavy atom. The molecule has 94 valence electrons. The predicted octanol–water partition coefficient (Wildman–Crippen LogP) is 2.57. The molecule has 3 nitrogen and oxygen atoms in total. The number of hydrogen-bond donors (Lipinski definition) is 1. The van der Waals surface area contributed by atoms with Gasteiger partial charge in [0.2, 0.25) is 0 Å². The van der Waals surface area contributed by atoms with Crippen molar-refractivity contribution in [3.05, 3.63) is 29.8 Å². The molecule has 2 rings (SSSR count). The Morgan fingerprint density at radius 2 is 2.41 bits per heavy atom. The Hall–Kier alpha value is -1.00. The van der Waals surface area contributed by atoms with Gasteiger partial charge in [-0.05, 0) is 44.2 Å². The molecule has 0 bridgehead atoms. The van der Waals surface area contributed by atoms with Gasteiger partial charge in [-0.1, -0.05) is 0 Å². The summed E-state index contributed by atoms with van der Waals surface area (Å²) in [5, 5.41) is 0. The molecule has 1 aromatic rings. The molecule has 1 aromatic heterocycles. The van der Waals surface area contributed by atoms with Crippen molar-refractivity contribution in [2.75, 3.05) is 6.61 Å². The summed E-state index contributed by atoms with van der Waals surface area (Å²) < 4.78 is 18.2. The van der Waals surface area contributed by atoms with Crippen LogP contribution in [0, 0.1) is 5.82 Å². The summed E-state index contributed by atoms with van der Waals surface area (Å²) in [6.07, 6.45) is 6.96. The molecule has 2 heterocycles. The Bertz CT molecular complexity index is 336. The lowest BCUT2D eigenvalue weighted by Crippen LogP contribution is -2.13. The molecule has 2 atom stereocenters. The molecule has 1 aliphatic rings. The smallest absolute Gasteiger partial charge is 0.141 e. The van der Waals surface area contributed by atoms with Crippen LogP contribution in [0.15, 0.2) is 18.3 Å². The highest BCUT2D eigenvalue weighted by Gasteiger charge is 2.16. The maximum absolute atomic E-state index is 12.7. The zero-order valence-corrected chi connectivity index (χ0v) is 9.94. The largest absolute Gasteiger partial charge is 0.378 e. The van der Waals surface area contributed by atoms with Gasteiger partial charge < -0.3 is 10.5 Å². The first kappa shape index (κ1) is 12.5. The van der Waals surface area contributed by atoms with Crippen LogP contribution >= 0.6 is 0 Å². The van der Waals surface area contributed by atoms with Crippen LogP contribution in [0.2, 0.25) is 0 Å². The molecule has 0 aromatic carbocycles. The maximum Gasteiger partial charge on any atom is 0.141 e. The molecule has 1 aliphatic heterocycles. The minimum absolute atomic E-state index is 0.1000. The Kier molecular flexibility index (Phi) is 4.45. The first-order valence-electron chi connectivity index (χ1n) is 6.24. The number of hydrogen-bond acceptors (Lipinski definition) is 3. The van der Waals surface area contributed by atoms with Crippen molar-refractivity contribution < 1.29 is 9.13 Å². The summed E-state index contributed by atoms with van der Waals surface area (Å²) in [5.41, 5.74) is 6.77. The van der Waals surface area contributed by atoms with Crippen molar-refractivity contribution in [1.82, 2.24) is 4.98 Å². The lowest BCUT2D eigenvalue weighted by molar-refractivity contribution is 0.101. The predicted molar refractivity (Wildman–Crippen MR) is 63.9 cm³/mol. The van der Waals surface area contributed by atoms with Crippen LogP contribution in [0.1, 0.15) is 43.8 Å². The highest BCUT2D eigenvalue weighted by atomic mass is 19.1. The maximum atomic E-state index is 12.7. The molecule has 0 radical (unpaired) electrons. The van der Waals surface area contributed by atoms with Gasteiger partial charge in [-0.2, -0.15) is 0 Å². The molecule has 0 aliphatic carbocycles. The Morgan fingerprint density at radius 1 is 1.53 bits per heavy atom. The van der Waals surface area contributed by atoms with Gasteiger partial charge in [0.1, 0.15) is 5.82 Å². The van der Waals surface area contributed by atoms with Crippen molar-refractivity contribution in [2.45, 2.75) is 44.2 Å². The molecule has 1 fully saturated rings. The summed E-state index contributed by atoms with van der Waals surface area (Å²) >= 11 is 0. The van der Waals surface area contributed by atoms with E-state index in [-0.39, 0.29) is 11.9 Å². The van der Waals surface area contributed by atoms with E-state index in [1.807, 2.05) is 0 Å². The lowest BCUT2D eigenvalue weighted by Gasteiger charge is -2.13. The zero-order chi connectivity index (χ0) is 12.1. The van der Waals surface area contributed by atoms with Crippen LogP contribution < -0.4 is 5.73 Å². The third-order valence-electron chi connectivity index (χ3n) is 3.20. The third kappa shape index (κ3) is 3.75. The van der Waals surface area contributed by atoms with Gasteiger partial charge >= 0.3 is 0 Å². The first-order chi connectivity index (χ1) is 8.25. The Balaban J connectivity index is 1.72. The van der Waals surface area contributed by atoms with Crippen LogP contribution in [-0.4, -0.2) is 17.7 Å². The van der Waals surface area contributed by atoms with Crippen molar-refractivity contribution in [3.8, 4) is 0 Å². The molecule has 4 heteroatoms. The second-order valence-electron chi connectivity index (χ2n) is 4.57. The second-order valence-corrected chi connectivity index (χ2v) is 4.57. The summed E-state index contributed by atoms with van der Waals surface area (Å²) in [6.45, 7) is 0.899. The van der Waals surface area contributed by atoms with Crippen molar-refractivity contribution in [2.24, 2.45) is 5.73 Å². The molecule has 2 unspecified atom stereocenters. The summed E-state index contributed by atoms with van der Waals surface area (Å²) in [5.74, 6) is -0.319. The van der Waals surface area contributed by atoms with E-state index in [1.54, 1.807) is 6.07 Å². The number of halogens is 1. The lowest BCUT2D eigenvalue weighted by atomic mass is 10.0. The van der Waals surface area contributed by atoms with Crippen LogP contribution in [0.5, 0.6) is 0 Å². The summed E-state index contributed by atoms with van der Waals surface area (Å²) in [7, 11) is 0. The van der Waals surface area contributed by atoms with E-state index in [9.17, 15) is 4.39 Å². The fourth-order valence-corrected chi connectivity index (χ4v) is 2.19. The van der Waals surface area contributed by atoms with E-state index in [4.69, 9.17) is 10.5 Å². The minimum atomic E-state index is -0.319. The molecule has 1 saturated heterocycles. The van der Waals surface area contributed by atoms with E-state index < -0.39 is 0 Å². The standard InChI is InChI=1S/C13H19FN2O/c14-10-6-7-13(16-9-10)12(15)5-1-3-11-4-2-8-17-11/h6-7,9,11-12H,1-5,8,15H2. The fourth-order valence-electron chi connectivity index (χ4n) is 2.19. The highest BCUT2D eigenvalue weighted by molar-refractivity contribution is 5.09. The molecule has 0 spiro atoms. The topological polar surface area (TPSA) is 48.1 Å². The van der Waals surface area contributed by atoms with Crippen molar-refractivity contribution in [1.29, 1.82) is 0 Å². The Labute approximate surface area is 101 Å². The van der Waals surface area contributed by atoms with E-state index in [1.165, 1.54) is 25.1 Å². The fraction of sp³-hybridized carbons (Fsp3) is 0.615. The van der Waals surface area contributed by atoms with Gasteiger partial charge in [-0.3, -0.25) is 4.98 Å². The average molecular weight is 238 g/mol. The van der Waals surface area contributed by atoms with Crippen molar-refractivity contribution >= 4 is 0 Å². The third-order valence-corrected chi connectivity index (χ3v) is 3.20. The zero-order valence-electron chi connectivity index (χ0n) is 9.94. The second kappa shape index (κ2) is 6.07. The van der Waals surface area contributed by atoms with E-state index in [0.717, 1.165) is 31.6 Å². The van der Waals surface area contributed by atoms with Crippen LogP contribution in [0.4, 0.5) is 4.39 Å². The average Bonchev–Trinajstić information content (AvgIpc) is 2.83. The number of rotatable bonds is 5. The number of aromatic nitrogens is 1. The van der Waals surface area contributed by atoms with Crippen LogP contribution in [0.3, 0.4) is 0 Å². The SMILES string of the molecule is NC(CCCC1CCCO1)c1ccc(F)cn1. The monoisotopic (exact) mass is 238 g/mol. The van der Waals surface area contributed by atoms with Crippen LogP contribution in [-0.2, 0) is 4.74 Å². The normalized spacial score (nSPS) is 21.6. The van der Waals surface area contributed by atoms with E-state index in [2.05, 4.69) is 4.98 Å². The number of nitrogens with zero attached hydrogens (tertiary/aromatic N) is 1. The van der Waals surface area contributed by atoms with Gasteiger partial charge in [0.15, 0.2) is 0 Å². The molecule has 2 N–H and O–H groups in total. The minimum Gasteiger partial charge on any atom is -0.378 e. The summed E-state index contributed by atoms with van der Waals surface area (Å²) in [6, 6.07) is 2.96. The van der Waals surface area contributed by atoms with Gasteiger partial charge in [0, 0.05) is 12.6 Å². The quantitative estimate of drug-likeness (QED) is 0.857. The van der Waals surface area contributed by atoms with Gasteiger partial charge in [0.25, 0.3) is 0 Å². The molecule has 0 saturated carbocycles. The number of pyridine rings is 1. The van der Waals surface area contributed by atoms with Gasteiger partial charge in [0.05, 0.1) is 18.0 Å². The highest BCUT2D eigenvalue weighted by Crippen LogP contribution is 2.21. The van der Waals surface area contributed by atoms with Gasteiger partial charge in [-0.15, -0.1) is 0 Å².